The summed E-state index contributed by atoms with van der Waals surface area (Å²) in [6, 6.07) is 0.933. The third kappa shape index (κ3) is 1.88. The second kappa shape index (κ2) is 3.95. The predicted molar refractivity (Wildman–Crippen MR) is 51.6 cm³/mol. The summed E-state index contributed by atoms with van der Waals surface area (Å²) in [7, 11) is 0. The molecule has 0 saturated heterocycles. The second-order valence-electron chi connectivity index (χ2n) is 2.75. The molecule has 0 amide bonds. The number of rotatable bonds is 2. The molecular weight excluding hydrogens is 202 g/mol. The van der Waals surface area contributed by atoms with Crippen LogP contribution in [0.25, 0.3) is 0 Å². The van der Waals surface area contributed by atoms with Crippen LogP contribution < -0.4 is 0 Å². The fourth-order valence-corrected chi connectivity index (χ4v) is 1.03. The summed E-state index contributed by atoms with van der Waals surface area (Å²) in [5.41, 5.74) is -0.190. The third-order valence-corrected chi connectivity index (χ3v) is 1.76. The summed E-state index contributed by atoms with van der Waals surface area (Å²) >= 11 is 0. The first-order valence-corrected chi connectivity index (χ1v) is 4.17. The van der Waals surface area contributed by atoms with Crippen molar-refractivity contribution in [2.24, 2.45) is 0 Å². The van der Waals surface area contributed by atoms with Crippen LogP contribution in [0.4, 0.5) is 0 Å². The molecule has 15 heavy (non-hydrogen) atoms. The van der Waals surface area contributed by atoms with Gasteiger partial charge in [0.15, 0.2) is 11.5 Å². The Morgan fingerprint density at radius 3 is 2.33 bits per heavy atom. The molecule has 6 heteroatoms. The molecule has 0 fully saturated rings. The van der Waals surface area contributed by atoms with Gasteiger partial charge in [-0.3, -0.25) is 5.41 Å². The lowest BCUT2D eigenvalue weighted by atomic mass is 10.1. The monoisotopic (exact) mass is 213 g/mol. The summed E-state index contributed by atoms with van der Waals surface area (Å²) in [6.45, 7) is 1.85. The molecule has 1 aromatic rings. The van der Waals surface area contributed by atoms with Gasteiger partial charge in [0, 0.05) is 6.07 Å². The minimum Gasteiger partial charge on any atom is -0.504 e. The Morgan fingerprint density at radius 2 is 1.80 bits per heavy atom. The van der Waals surface area contributed by atoms with E-state index in [0.29, 0.717) is 0 Å². The Hall–Kier alpha value is -2.11. The van der Waals surface area contributed by atoms with Crippen molar-refractivity contribution in [3.05, 3.63) is 11.6 Å². The van der Waals surface area contributed by atoms with Gasteiger partial charge in [-0.25, -0.2) is 0 Å². The Morgan fingerprint density at radius 1 is 1.20 bits per heavy atom. The van der Waals surface area contributed by atoms with Crippen LogP contribution in [-0.4, -0.2) is 32.9 Å². The molecule has 0 saturated carbocycles. The highest BCUT2D eigenvalue weighted by Crippen LogP contribution is 2.43. The van der Waals surface area contributed by atoms with E-state index in [1.807, 2.05) is 0 Å². The van der Waals surface area contributed by atoms with E-state index in [9.17, 15) is 10.2 Å². The van der Waals surface area contributed by atoms with Crippen LogP contribution in [0.2, 0.25) is 0 Å². The number of phenolic OH excluding ortho intramolecular Hbond substituents is 4. The minimum absolute atomic E-state index is 0.190. The van der Waals surface area contributed by atoms with Gasteiger partial charge in [0.25, 0.3) is 0 Å². The Bertz CT molecular complexity index is 402. The van der Waals surface area contributed by atoms with Gasteiger partial charge in [-0.15, -0.1) is 0 Å². The van der Waals surface area contributed by atoms with E-state index in [1.54, 1.807) is 6.92 Å². The van der Waals surface area contributed by atoms with E-state index in [-0.39, 0.29) is 12.2 Å². The molecule has 0 spiro atoms. The summed E-state index contributed by atoms with van der Waals surface area (Å²) in [5, 5.41) is 44.1. The van der Waals surface area contributed by atoms with Gasteiger partial charge in [0.1, 0.15) is 0 Å². The largest absolute Gasteiger partial charge is 0.504 e. The molecular formula is C9H11NO5. The zero-order valence-electron chi connectivity index (χ0n) is 7.98. The maximum atomic E-state index is 9.36. The van der Waals surface area contributed by atoms with Crippen LogP contribution in [0.5, 0.6) is 23.0 Å². The zero-order chi connectivity index (χ0) is 11.6. The molecule has 1 rings (SSSR count). The van der Waals surface area contributed by atoms with Gasteiger partial charge in [0.2, 0.25) is 17.4 Å². The lowest BCUT2D eigenvalue weighted by molar-refractivity contribution is 0.318. The fourth-order valence-electron chi connectivity index (χ4n) is 1.03. The van der Waals surface area contributed by atoms with Crippen LogP contribution in [0.3, 0.4) is 0 Å². The van der Waals surface area contributed by atoms with Crippen LogP contribution in [-0.2, 0) is 4.74 Å². The molecule has 0 bridgehead atoms. The topological polar surface area (TPSA) is 114 Å². The highest BCUT2D eigenvalue weighted by Gasteiger charge is 2.19. The predicted octanol–water partition coefficient (Wildman–Crippen LogP) is 0.871. The zero-order valence-corrected chi connectivity index (χ0v) is 7.98. The van der Waals surface area contributed by atoms with Crippen molar-refractivity contribution in [3.63, 3.8) is 0 Å². The summed E-state index contributed by atoms with van der Waals surface area (Å²) < 4.78 is 4.78. The van der Waals surface area contributed by atoms with Gasteiger partial charge in [-0.05, 0) is 6.92 Å². The van der Waals surface area contributed by atoms with Crippen LogP contribution >= 0.6 is 0 Å². The summed E-state index contributed by atoms with van der Waals surface area (Å²) in [5.74, 6) is -3.45. The third-order valence-electron chi connectivity index (χ3n) is 1.76. The molecule has 0 heterocycles. The quantitative estimate of drug-likeness (QED) is 0.216. The van der Waals surface area contributed by atoms with Crippen molar-refractivity contribution in [3.8, 4) is 23.0 Å². The molecule has 82 valence electrons. The molecule has 0 aliphatic rings. The van der Waals surface area contributed by atoms with Gasteiger partial charge in [-0.1, -0.05) is 0 Å². The van der Waals surface area contributed by atoms with Crippen molar-refractivity contribution >= 4 is 5.90 Å². The number of phenols is 4. The standard InChI is InChI=1S/C9H11NO5/c1-2-15-9(10)4-3-5(11)7(13)8(14)6(4)12/h3,10-14H,2H2,1H3. The number of ether oxygens (including phenoxy) is 1. The van der Waals surface area contributed by atoms with Crippen LogP contribution in [0.1, 0.15) is 12.5 Å². The molecule has 0 unspecified atom stereocenters. The van der Waals surface area contributed by atoms with E-state index >= 15 is 0 Å². The SMILES string of the molecule is CCOC(=N)c1cc(O)c(O)c(O)c1O. The molecule has 0 radical (unpaired) electrons. The molecule has 0 atom stereocenters. The van der Waals surface area contributed by atoms with Crippen molar-refractivity contribution in [2.45, 2.75) is 6.92 Å². The van der Waals surface area contributed by atoms with Crippen molar-refractivity contribution in [2.75, 3.05) is 6.61 Å². The van der Waals surface area contributed by atoms with Crippen molar-refractivity contribution in [1.82, 2.24) is 0 Å². The van der Waals surface area contributed by atoms with Crippen LogP contribution in [0.15, 0.2) is 6.07 Å². The molecule has 0 aliphatic carbocycles. The van der Waals surface area contributed by atoms with Crippen molar-refractivity contribution < 1.29 is 25.2 Å². The smallest absolute Gasteiger partial charge is 0.217 e. The number of nitrogens with one attached hydrogen (secondary N) is 1. The molecule has 5 N–H and O–H groups in total. The van der Waals surface area contributed by atoms with Crippen LogP contribution in [0, 0.1) is 5.41 Å². The summed E-state index contributed by atoms with van der Waals surface area (Å²) in [6.07, 6.45) is 0. The van der Waals surface area contributed by atoms with Gasteiger partial charge < -0.3 is 25.2 Å². The van der Waals surface area contributed by atoms with E-state index in [1.165, 1.54) is 0 Å². The number of hydrogen-bond acceptors (Lipinski definition) is 6. The Kier molecular flexibility index (Phi) is 2.89. The first-order chi connectivity index (χ1) is 6.99. The van der Waals surface area contributed by atoms with E-state index < -0.39 is 28.9 Å². The van der Waals surface area contributed by atoms with Crippen molar-refractivity contribution in [1.29, 1.82) is 5.41 Å². The number of hydrogen-bond donors (Lipinski definition) is 5. The Balaban J connectivity index is 3.26. The highest BCUT2D eigenvalue weighted by atomic mass is 16.5. The van der Waals surface area contributed by atoms with E-state index in [4.69, 9.17) is 20.4 Å². The fraction of sp³-hybridized carbons (Fsp3) is 0.222. The lowest BCUT2D eigenvalue weighted by Crippen LogP contribution is -2.04. The average molecular weight is 213 g/mol. The minimum atomic E-state index is -0.880. The first kappa shape index (κ1) is 11.0. The molecule has 6 nitrogen and oxygen atoms in total. The first-order valence-electron chi connectivity index (χ1n) is 4.17. The lowest BCUT2D eigenvalue weighted by Gasteiger charge is -2.10. The van der Waals surface area contributed by atoms with E-state index in [0.717, 1.165) is 6.07 Å². The maximum Gasteiger partial charge on any atom is 0.217 e. The maximum absolute atomic E-state index is 9.36. The van der Waals surface area contributed by atoms with Gasteiger partial charge in [0.05, 0.1) is 12.2 Å². The number of aromatic hydroxyl groups is 4. The highest BCUT2D eigenvalue weighted by molar-refractivity contribution is 5.96. The summed E-state index contributed by atoms with van der Waals surface area (Å²) in [4.78, 5) is 0. The average Bonchev–Trinajstić information content (AvgIpc) is 2.20. The van der Waals surface area contributed by atoms with E-state index in [2.05, 4.69) is 0 Å². The second-order valence-corrected chi connectivity index (χ2v) is 2.75. The van der Waals surface area contributed by atoms with Gasteiger partial charge in [-0.2, -0.15) is 0 Å². The normalized spacial score (nSPS) is 9.93. The Labute approximate surface area is 85.5 Å². The molecule has 0 aliphatic heterocycles. The van der Waals surface area contributed by atoms with Gasteiger partial charge >= 0.3 is 0 Å². The molecule has 0 aromatic heterocycles. The number of benzene rings is 1. The molecule has 1 aromatic carbocycles.